The minimum atomic E-state index is 0.647. The summed E-state index contributed by atoms with van der Waals surface area (Å²) in [6.07, 6.45) is 10.2. The van der Waals surface area contributed by atoms with Crippen molar-refractivity contribution >= 4 is 33.9 Å². The second-order valence-corrected chi connectivity index (χ2v) is 5.74. The molecule has 0 saturated heterocycles. The van der Waals surface area contributed by atoms with Gasteiger partial charge < -0.3 is 15.2 Å². The average Bonchev–Trinajstić information content (AvgIpc) is 2.96. The number of rotatable bonds is 4. The van der Waals surface area contributed by atoms with Crippen molar-refractivity contribution < 1.29 is 4.52 Å². The molecule has 0 bridgehead atoms. The lowest BCUT2D eigenvalue weighted by Gasteiger charge is -2.14. The van der Waals surface area contributed by atoms with Crippen molar-refractivity contribution in [2.75, 3.05) is 11.9 Å². The molecule has 1 aliphatic carbocycles. The molecule has 5 heteroatoms. The van der Waals surface area contributed by atoms with Gasteiger partial charge in [0.15, 0.2) is 5.11 Å². The molecular formula is C16H19N3OS. The number of anilines is 1. The number of thiocarbonyl (C=S) groups is 1. The summed E-state index contributed by atoms with van der Waals surface area (Å²) in [5, 5.41) is 12.0. The summed E-state index contributed by atoms with van der Waals surface area (Å²) in [6.45, 7) is 0.879. The van der Waals surface area contributed by atoms with Crippen LogP contribution in [0.5, 0.6) is 0 Å². The van der Waals surface area contributed by atoms with E-state index in [2.05, 4.69) is 21.9 Å². The molecule has 2 N–H and O–H groups in total. The average molecular weight is 301 g/mol. The van der Waals surface area contributed by atoms with Gasteiger partial charge in [-0.3, -0.25) is 0 Å². The van der Waals surface area contributed by atoms with Crippen LogP contribution in [-0.2, 0) is 0 Å². The highest BCUT2D eigenvalue weighted by Gasteiger charge is 2.05. The first-order chi connectivity index (χ1) is 10.3. The molecule has 2 aromatic rings. The summed E-state index contributed by atoms with van der Waals surface area (Å²) in [5.74, 6) is 0. The number of nitrogens with zero attached hydrogens (tertiary/aromatic N) is 1. The first-order valence-corrected chi connectivity index (χ1v) is 7.79. The van der Waals surface area contributed by atoms with Crippen LogP contribution in [0.15, 0.2) is 40.6 Å². The number of benzene rings is 1. The fraction of sp³-hybridized carbons (Fsp3) is 0.375. The third-order valence-corrected chi connectivity index (χ3v) is 3.98. The molecule has 21 heavy (non-hydrogen) atoms. The van der Waals surface area contributed by atoms with Gasteiger partial charge in [0, 0.05) is 17.6 Å². The topological polar surface area (TPSA) is 50.1 Å². The van der Waals surface area contributed by atoms with Crippen LogP contribution in [0.3, 0.4) is 0 Å². The Morgan fingerprint density at radius 3 is 3.14 bits per heavy atom. The molecule has 0 atom stereocenters. The third kappa shape index (κ3) is 3.82. The highest BCUT2D eigenvalue weighted by atomic mass is 32.1. The van der Waals surface area contributed by atoms with Crippen LogP contribution >= 0.6 is 12.2 Å². The summed E-state index contributed by atoms with van der Waals surface area (Å²) in [5.41, 5.74) is 3.31. The van der Waals surface area contributed by atoms with E-state index >= 15 is 0 Å². The summed E-state index contributed by atoms with van der Waals surface area (Å²) in [6, 6.07) is 5.86. The smallest absolute Gasteiger partial charge is 0.170 e. The fourth-order valence-corrected chi connectivity index (χ4v) is 2.80. The first kappa shape index (κ1) is 14.1. The van der Waals surface area contributed by atoms with Gasteiger partial charge in [-0.2, -0.15) is 0 Å². The highest BCUT2D eigenvalue weighted by molar-refractivity contribution is 7.80. The number of nitrogens with one attached hydrogen (secondary N) is 2. The van der Waals surface area contributed by atoms with Gasteiger partial charge in [0.25, 0.3) is 0 Å². The maximum Gasteiger partial charge on any atom is 0.170 e. The lowest BCUT2D eigenvalue weighted by Crippen LogP contribution is -2.29. The Hall–Kier alpha value is -1.88. The number of fused-ring (bicyclic) bond motifs is 1. The minimum Gasteiger partial charge on any atom is -0.364 e. The quantitative estimate of drug-likeness (QED) is 0.660. The molecule has 0 aliphatic heterocycles. The standard InChI is InChI=1S/C16H19N3OS/c21-16(17-9-8-12-4-2-1-3-5-12)18-14-7-6-13-11-20-19-15(13)10-14/h4,6-7,10-11H,1-3,5,8-9H2,(H2,17,18,21). The van der Waals surface area contributed by atoms with E-state index in [-0.39, 0.29) is 0 Å². The van der Waals surface area contributed by atoms with E-state index in [0.29, 0.717) is 5.11 Å². The Labute approximate surface area is 129 Å². The molecule has 110 valence electrons. The second-order valence-electron chi connectivity index (χ2n) is 5.33. The first-order valence-electron chi connectivity index (χ1n) is 7.38. The maximum absolute atomic E-state index is 5.32. The van der Waals surface area contributed by atoms with Crippen molar-refractivity contribution in [2.45, 2.75) is 32.1 Å². The molecule has 0 unspecified atom stereocenters. The van der Waals surface area contributed by atoms with Crippen LogP contribution in [0, 0.1) is 0 Å². The molecule has 0 saturated carbocycles. The van der Waals surface area contributed by atoms with Crippen LogP contribution in [0.4, 0.5) is 5.69 Å². The largest absolute Gasteiger partial charge is 0.364 e. The van der Waals surface area contributed by atoms with Crippen LogP contribution in [0.25, 0.3) is 10.9 Å². The molecule has 1 heterocycles. The maximum atomic E-state index is 5.32. The van der Waals surface area contributed by atoms with E-state index in [4.69, 9.17) is 16.7 Å². The van der Waals surface area contributed by atoms with Crippen molar-refractivity contribution in [1.82, 2.24) is 10.5 Å². The zero-order chi connectivity index (χ0) is 14.5. The number of aromatic nitrogens is 1. The highest BCUT2D eigenvalue weighted by Crippen LogP contribution is 2.19. The minimum absolute atomic E-state index is 0.647. The Morgan fingerprint density at radius 2 is 2.29 bits per heavy atom. The van der Waals surface area contributed by atoms with Crippen molar-refractivity contribution in [3.63, 3.8) is 0 Å². The van der Waals surface area contributed by atoms with E-state index in [1.165, 1.54) is 25.7 Å². The lowest BCUT2D eigenvalue weighted by atomic mass is 9.97. The predicted molar refractivity (Wildman–Crippen MR) is 89.4 cm³/mol. The molecule has 3 rings (SSSR count). The van der Waals surface area contributed by atoms with Gasteiger partial charge in [-0.1, -0.05) is 16.8 Å². The van der Waals surface area contributed by atoms with E-state index < -0.39 is 0 Å². The van der Waals surface area contributed by atoms with Crippen LogP contribution < -0.4 is 10.6 Å². The predicted octanol–water partition coefficient (Wildman–Crippen LogP) is 4.00. The van der Waals surface area contributed by atoms with Crippen LogP contribution in [-0.4, -0.2) is 16.8 Å². The molecule has 0 radical (unpaired) electrons. The van der Waals surface area contributed by atoms with Crippen molar-refractivity contribution in [1.29, 1.82) is 0 Å². The van der Waals surface area contributed by atoms with E-state index in [1.807, 2.05) is 18.2 Å². The van der Waals surface area contributed by atoms with Gasteiger partial charge >= 0.3 is 0 Å². The third-order valence-electron chi connectivity index (χ3n) is 3.74. The molecule has 1 aromatic heterocycles. The van der Waals surface area contributed by atoms with Crippen molar-refractivity contribution in [3.8, 4) is 0 Å². The zero-order valence-corrected chi connectivity index (χ0v) is 12.7. The van der Waals surface area contributed by atoms with Gasteiger partial charge in [-0.15, -0.1) is 0 Å². The second kappa shape index (κ2) is 6.72. The Kier molecular flexibility index (Phi) is 4.50. The molecular weight excluding hydrogens is 282 g/mol. The van der Waals surface area contributed by atoms with Gasteiger partial charge in [0.2, 0.25) is 0 Å². The molecule has 4 nitrogen and oxygen atoms in total. The number of allylic oxidation sites excluding steroid dienone is 1. The van der Waals surface area contributed by atoms with Gasteiger partial charge in [0.05, 0.1) is 0 Å². The van der Waals surface area contributed by atoms with Crippen molar-refractivity contribution in [3.05, 3.63) is 36.1 Å². The van der Waals surface area contributed by atoms with E-state index in [0.717, 1.165) is 29.6 Å². The normalized spacial score (nSPS) is 14.8. The number of hydrogen-bond acceptors (Lipinski definition) is 3. The summed E-state index contributed by atoms with van der Waals surface area (Å²) < 4.78 is 4.92. The molecule has 1 aromatic carbocycles. The van der Waals surface area contributed by atoms with E-state index in [9.17, 15) is 0 Å². The summed E-state index contributed by atoms with van der Waals surface area (Å²) in [7, 11) is 0. The SMILES string of the molecule is S=C(NCCC1=CCCCC1)Nc1ccc2conc2c1. The van der Waals surface area contributed by atoms with Crippen LogP contribution in [0.1, 0.15) is 32.1 Å². The fourth-order valence-electron chi connectivity index (χ4n) is 2.58. The van der Waals surface area contributed by atoms with Gasteiger partial charge in [-0.25, -0.2) is 0 Å². The van der Waals surface area contributed by atoms with Gasteiger partial charge in [0.1, 0.15) is 11.8 Å². The lowest BCUT2D eigenvalue weighted by molar-refractivity contribution is 0.428. The van der Waals surface area contributed by atoms with E-state index in [1.54, 1.807) is 11.8 Å². The Morgan fingerprint density at radius 1 is 1.33 bits per heavy atom. The monoisotopic (exact) mass is 301 g/mol. The molecule has 1 aliphatic rings. The Balaban J connectivity index is 1.48. The summed E-state index contributed by atoms with van der Waals surface area (Å²) in [4.78, 5) is 0. The van der Waals surface area contributed by atoms with Gasteiger partial charge in [-0.05, 0) is 62.5 Å². The molecule has 0 amide bonds. The van der Waals surface area contributed by atoms with Crippen LogP contribution in [0.2, 0.25) is 0 Å². The van der Waals surface area contributed by atoms with Crippen molar-refractivity contribution in [2.24, 2.45) is 0 Å². The summed E-state index contributed by atoms with van der Waals surface area (Å²) >= 11 is 5.32. The molecule has 0 fully saturated rings. The zero-order valence-electron chi connectivity index (χ0n) is 11.9. The molecule has 0 spiro atoms. The Bertz CT molecular complexity index is 662. The number of hydrogen-bond donors (Lipinski definition) is 2.